The van der Waals surface area contributed by atoms with Gasteiger partial charge in [0.2, 0.25) is 0 Å². The van der Waals surface area contributed by atoms with Crippen LogP contribution in [0.25, 0.3) is 0 Å². The fraction of sp³-hybridized carbons (Fsp3) is 0.250. The lowest BCUT2D eigenvalue weighted by Gasteiger charge is -2.16. The molecular formula is C16H16FNO2. The van der Waals surface area contributed by atoms with E-state index in [9.17, 15) is 4.39 Å². The van der Waals surface area contributed by atoms with Gasteiger partial charge in [0.25, 0.3) is 0 Å². The Morgan fingerprint density at radius 3 is 2.85 bits per heavy atom. The Morgan fingerprint density at radius 1 is 1.30 bits per heavy atom. The number of nitrogens with zero attached hydrogens (tertiary/aromatic N) is 1. The van der Waals surface area contributed by atoms with Gasteiger partial charge in [0.15, 0.2) is 0 Å². The third-order valence-corrected chi connectivity index (χ3v) is 2.82. The second-order valence-corrected chi connectivity index (χ2v) is 4.51. The van der Waals surface area contributed by atoms with Gasteiger partial charge in [-0.3, -0.25) is 4.90 Å². The molecule has 0 atom stereocenters. The third-order valence-electron chi connectivity index (χ3n) is 2.82. The lowest BCUT2D eigenvalue weighted by Crippen LogP contribution is -2.17. The van der Waals surface area contributed by atoms with Crippen molar-refractivity contribution >= 4 is 0 Å². The lowest BCUT2D eigenvalue weighted by molar-refractivity contribution is 0.287. The molecule has 1 aromatic carbocycles. The first-order chi connectivity index (χ1) is 9.69. The Hall–Kier alpha value is -2.09. The first-order valence-electron chi connectivity index (χ1n) is 6.28. The molecule has 0 saturated carbocycles. The molecule has 0 saturated heterocycles. The molecule has 0 spiro atoms. The molecule has 0 radical (unpaired) electrons. The maximum atomic E-state index is 13.3. The molecule has 4 heteroatoms. The molecule has 1 N–H and O–H groups in total. The highest BCUT2D eigenvalue weighted by Crippen LogP contribution is 2.14. The summed E-state index contributed by atoms with van der Waals surface area (Å²) in [7, 11) is 1.95. The van der Waals surface area contributed by atoms with Gasteiger partial charge in [-0.2, -0.15) is 0 Å². The van der Waals surface area contributed by atoms with E-state index in [0.717, 1.165) is 11.3 Å². The monoisotopic (exact) mass is 273 g/mol. The molecule has 0 bridgehead atoms. The van der Waals surface area contributed by atoms with E-state index in [0.29, 0.717) is 18.7 Å². The SMILES string of the molecule is CN(Cc1ccco1)Cc1ccc(F)cc1C#CCO. The molecule has 0 aliphatic carbocycles. The molecule has 1 heterocycles. The first-order valence-corrected chi connectivity index (χ1v) is 6.28. The van der Waals surface area contributed by atoms with Crippen molar-refractivity contribution in [1.82, 2.24) is 4.90 Å². The van der Waals surface area contributed by atoms with E-state index < -0.39 is 0 Å². The van der Waals surface area contributed by atoms with Crippen LogP contribution in [0.5, 0.6) is 0 Å². The van der Waals surface area contributed by atoms with Crippen LogP contribution in [0.3, 0.4) is 0 Å². The van der Waals surface area contributed by atoms with Crippen molar-refractivity contribution in [1.29, 1.82) is 0 Å². The molecule has 0 fully saturated rings. The molecule has 0 aliphatic heterocycles. The molecule has 0 amide bonds. The van der Waals surface area contributed by atoms with Crippen LogP contribution in [0.2, 0.25) is 0 Å². The number of halogens is 1. The van der Waals surface area contributed by atoms with Gasteiger partial charge in [-0.05, 0) is 36.9 Å². The maximum absolute atomic E-state index is 13.3. The predicted octanol–water partition coefficient (Wildman–Crippen LogP) is 2.39. The molecule has 2 aromatic rings. The second-order valence-electron chi connectivity index (χ2n) is 4.51. The molecule has 2 rings (SSSR count). The van der Waals surface area contributed by atoms with Crippen molar-refractivity contribution in [2.75, 3.05) is 13.7 Å². The number of aliphatic hydroxyl groups excluding tert-OH is 1. The number of rotatable bonds is 4. The van der Waals surface area contributed by atoms with Crippen LogP contribution in [0, 0.1) is 17.7 Å². The smallest absolute Gasteiger partial charge is 0.124 e. The Balaban J connectivity index is 2.11. The number of hydrogen-bond acceptors (Lipinski definition) is 3. The normalized spacial score (nSPS) is 10.4. The number of furan rings is 1. The summed E-state index contributed by atoms with van der Waals surface area (Å²) in [5.41, 5.74) is 1.52. The fourth-order valence-electron chi connectivity index (χ4n) is 1.95. The molecule has 0 unspecified atom stereocenters. The van der Waals surface area contributed by atoms with E-state index in [2.05, 4.69) is 16.7 Å². The summed E-state index contributed by atoms with van der Waals surface area (Å²) in [5, 5.41) is 8.75. The zero-order valence-corrected chi connectivity index (χ0v) is 11.3. The van der Waals surface area contributed by atoms with E-state index in [4.69, 9.17) is 9.52 Å². The van der Waals surface area contributed by atoms with Gasteiger partial charge < -0.3 is 9.52 Å². The number of hydrogen-bond donors (Lipinski definition) is 1. The standard InChI is InChI=1S/C16H16FNO2/c1-18(12-16-5-3-9-20-16)11-14-6-7-15(17)10-13(14)4-2-8-19/h3,5-7,9-10,19H,8,11-12H2,1H3. The van der Waals surface area contributed by atoms with Crippen molar-refractivity contribution in [2.45, 2.75) is 13.1 Å². The van der Waals surface area contributed by atoms with Gasteiger partial charge in [-0.1, -0.05) is 17.9 Å². The van der Waals surface area contributed by atoms with Crippen molar-refractivity contribution in [3.63, 3.8) is 0 Å². The van der Waals surface area contributed by atoms with Gasteiger partial charge in [-0.15, -0.1) is 0 Å². The fourth-order valence-corrected chi connectivity index (χ4v) is 1.95. The van der Waals surface area contributed by atoms with E-state index >= 15 is 0 Å². The third kappa shape index (κ3) is 3.95. The highest BCUT2D eigenvalue weighted by molar-refractivity contribution is 5.41. The summed E-state index contributed by atoms with van der Waals surface area (Å²) in [5.74, 6) is 5.87. The van der Waals surface area contributed by atoms with E-state index in [-0.39, 0.29) is 12.4 Å². The van der Waals surface area contributed by atoms with Crippen LogP contribution in [0.15, 0.2) is 41.0 Å². The van der Waals surface area contributed by atoms with Crippen LogP contribution in [0.4, 0.5) is 4.39 Å². The molecule has 0 aliphatic rings. The lowest BCUT2D eigenvalue weighted by atomic mass is 10.1. The minimum absolute atomic E-state index is 0.238. The summed E-state index contributed by atoms with van der Waals surface area (Å²) in [4.78, 5) is 2.05. The molecule has 1 aromatic heterocycles. The predicted molar refractivity (Wildman–Crippen MR) is 74.2 cm³/mol. The Bertz CT molecular complexity index is 611. The Morgan fingerprint density at radius 2 is 2.15 bits per heavy atom. The first kappa shape index (κ1) is 14.3. The highest BCUT2D eigenvalue weighted by atomic mass is 19.1. The van der Waals surface area contributed by atoms with Crippen molar-refractivity contribution in [3.8, 4) is 11.8 Å². The van der Waals surface area contributed by atoms with E-state index in [1.54, 1.807) is 12.3 Å². The number of aliphatic hydroxyl groups is 1. The maximum Gasteiger partial charge on any atom is 0.124 e. The topological polar surface area (TPSA) is 36.6 Å². The average molecular weight is 273 g/mol. The van der Waals surface area contributed by atoms with Crippen molar-refractivity contribution in [3.05, 3.63) is 59.3 Å². The van der Waals surface area contributed by atoms with Gasteiger partial charge in [0.1, 0.15) is 18.2 Å². The molecular weight excluding hydrogens is 257 g/mol. The van der Waals surface area contributed by atoms with Crippen LogP contribution in [-0.2, 0) is 13.1 Å². The van der Waals surface area contributed by atoms with Gasteiger partial charge >= 0.3 is 0 Å². The summed E-state index contributed by atoms with van der Waals surface area (Å²) < 4.78 is 18.6. The average Bonchev–Trinajstić information content (AvgIpc) is 2.91. The Labute approximate surface area is 117 Å². The summed E-state index contributed by atoms with van der Waals surface area (Å²) >= 11 is 0. The second kappa shape index (κ2) is 6.90. The minimum atomic E-state index is -0.329. The van der Waals surface area contributed by atoms with E-state index in [1.165, 1.54) is 12.1 Å². The van der Waals surface area contributed by atoms with Gasteiger partial charge in [0.05, 0.1) is 12.8 Å². The summed E-state index contributed by atoms with van der Waals surface area (Å²) in [6, 6.07) is 8.28. The Kier molecular flexibility index (Phi) is 4.94. The van der Waals surface area contributed by atoms with Crippen LogP contribution in [0.1, 0.15) is 16.9 Å². The van der Waals surface area contributed by atoms with Crippen molar-refractivity contribution < 1.29 is 13.9 Å². The number of benzene rings is 1. The zero-order valence-electron chi connectivity index (χ0n) is 11.3. The quantitative estimate of drug-likeness (QED) is 0.869. The largest absolute Gasteiger partial charge is 0.468 e. The summed E-state index contributed by atoms with van der Waals surface area (Å²) in [6.07, 6.45) is 1.64. The van der Waals surface area contributed by atoms with Crippen LogP contribution >= 0.6 is 0 Å². The van der Waals surface area contributed by atoms with E-state index in [1.807, 2.05) is 19.2 Å². The van der Waals surface area contributed by atoms with Gasteiger partial charge in [-0.25, -0.2) is 4.39 Å². The van der Waals surface area contributed by atoms with Gasteiger partial charge in [0, 0.05) is 12.1 Å². The zero-order chi connectivity index (χ0) is 14.4. The van der Waals surface area contributed by atoms with Crippen LogP contribution < -0.4 is 0 Å². The summed E-state index contributed by atoms with van der Waals surface area (Å²) in [6.45, 7) is 1.05. The highest BCUT2D eigenvalue weighted by Gasteiger charge is 2.07. The minimum Gasteiger partial charge on any atom is -0.468 e. The van der Waals surface area contributed by atoms with Crippen molar-refractivity contribution in [2.24, 2.45) is 0 Å². The molecule has 104 valence electrons. The molecule has 3 nitrogen and oxygen atoms in total. The molecule has 20 heavy (non-hydrogen) atoms. The van der Waals surface area contributed by atoms with Crippen LogP contribution in [-0.4, -0.2) is 23.7 Å².